The molecule has 1 amide bonds. The van der Waals surface area contributed by atoms with Gasteiger partial charge in [0.2, 0.25) is 5.91 Å². The molecule has 1 aliphatic heterocycles. The first-order valence-electron chi connectivity index (χ1n) is 9.46. The number of hydrogen-bond acceptors (Lipinski definition) is 3. The zero-order valence-corrected chi connectivity index (χ0v) is 17.4. The fourth-order valence-electron chi connectivity index (χ4n) is 3.77. The van der Waals surface area contributed by atoms with Gasteiger partial charge in [-0.1, -0.05) is 6.07 Å². The molecular weight excluding hydrogens is 382 g/mol. The summed E-state index contributed by atoms with van der Waals surface area (Å²) in [5.41, 5.74) is 4.98. The minimum absolute atomic E-state index is 0.0530. The number of rotatable bonds is 4. The molecule has 0 radical (unpaired) electrons. The van der Waals surface area contributed by atoms with Crippen molar-refractivity contribution in [3.05, 3.63) is 77.9 Å². The minimum Gasteiger partial charge on any atom is -0.351 e. The number of amides is 1. The van der Waals surface area contributed by atoms with Gasteiger partial charge in [0.05, 0.1) is 11.7 Å². The molecule has 3 heterocycles. The van der Waals surface area contributed by atoms with Gasteiger partial charge in [-0.05, 0) is 67.7 Å². The summed E-state index contributed by atoms with van der Waals surface area (Å²) >= 11 is 5.74. The zero-order chi connectivity index (χ0) is 20.5. The number of nitrogens with one attached hydrogen (secondary N) is 2. The third-order valence-corrected chi connectivity index (χ3v) is 5.59. The zero-order valence-electron chi connectivity index (χ0n) is 16.6. The van der Waals surface area contributed by atoms with E-state index < -0.39 is 0 Å². The van der Waals surface area contributed by atoms with Crippen LogP contribution in [0.1, 0.15) is 36.1 Å². The van der Waals surface area contributed by atoms with Crippen LogP contribution < -0.4 is 15.5 Å². The van der Waals surface area contributed by atoms with Crippen LogP contribution in [0, 0.1) is 6.92 Å². The van der Waals surface area contributed by atoms with Crippen LogP contribution in [0.25, 0.3) is 0 Å². The number of pyridine rings is 1. The monoisotopic (exact) mass is 405 g/mol. The summed E-state index contributed by atoms with van der Waals surface area (Å²) in [7, 11) is 2.07. The second-order valence-corrected chi connectivity index (χ2v) is 7.57. The predicted octanol–water partition coefficient (Wildman–Crippen LogP) is 3.86. The lowest BCUT2D eigenvalue weighted by atomic mass is 10.0. The summed E-state index contributed by atoms with van der Waals surface area (Å²) in [6.45, 7) is 3.59. The van der Waals surface area contributed by atoms with E-state index in [-0.39, 0.29) is 18.0 Å². The molecule has 29 heavy (non-hydrogen) atoms. The third kappa shape index (κ3) is 3.61. The lowest BCUT2D eigenvalue weighted by Crippen LogP contribution is -2.30. The van der Waals surface area contributed by atoms with E-state index in [1.165, 1.54) is 12.6 Å². The number of anilines is 2. The van der Waals surface area contributed by atoms with E-state index in [2.05, 4.69) is 51.2 Å². The first-order chi connectivity index (χ1) is 14.0. The number of benzene rings is 1. The van der Waals surface area contributed by atoms with Crippen LogP contribution in [-0.4, -0.2) is 20.6 Å². The van der Waals surface area contributed by atoms with Crippen molar-refractivity contribution in [2.45, 2.75) is 25.9 Å². The molecule has 2 N–H and O–H groups in total. The fraction of sp³-hybridized carbons (Fsp3) is 0.227. The van der Waals surface area contributed by atoms with Crippen LogP contribution in [0.15, 0.2) is 60.8 Å². The second-order valence-electron chi connectivity index (χ2n) is 7.18. The minimum atomic E-state index is -0.0940. The highest BCUT2D eigenvalue weighted by Gasteiger charge is 2.41. The lowest BCUT2D eigenvalue weighted by molar-refractivity contribution is -0.114. The number of carbonyl (C=O) groups excluding carboxylic acids is 1. The number of hydrogen-bond donors (Lipinski definition) is 2. The van der Waals surface area contributed by atoms with Gasteiger partial charge >= 0.3 is 0 Å². The standard InChI is InChI=1S/C22H23N5OS/c1-14-7-12-19(26(14)3)21-20(18-6-4-5-13-23-18)25-22(29)27(21)17-10-8-16(9-11-17)24-15(2)28/h4-13,20-21H,1-3H3,(H,24,28)(H,25,29)/t20-,21+/m1/s1. The topological polar surface area (TPSA) is 62.2 Å². The van der Waals surface area contributed by atoms with E-state index in [0.717, 1.165) is 22.8 Å². The van der Waals surface area contributed by atoms with Crippen LogP contribution in [-0.2, 0) is 11.8 Å². The van der Waals surface area contributed by atoms with Crippen LogP contribution in [0.4, 0.5) is 11.4 Å². The number of carbonyl (C=O) groups is 1. The summed E-state index contributed by atoms with van der Waals surface area (Å²) in [5, 5.41) is 6.92. The van der Waals surface area contributed by atoms with Crippen molar-refractivity contribution in [1.82, 2.24) is 14.9 Å². The number of thiocarbonyl (C=S) groups is 1. The van der Waals surface area contributed by atoms with Crippen molar-refractivity contribution >= 4 is 34.6 Å². The average Bonchev–Trinajstić information content (AvgIpc) is 3.22. The Bertz CT molecular complexity index is 1040. The number of aryl methyl sites for hydroxylation is 1. The van der Waals surface area contributed by atoms with E-state index in [9.17, 15) is 4.79 Å². The SMILES string of the molecule is CC(=O)Nc1ccc(N2C(=S)N[C@H](c3ccccn3)[C@@H]2c2ccc(C)n2C)cc1. The number of aromatic nitrogens is 2. The quantitative estimate of drug-likeness (QED) is 0.646. The maximum atomic E-state index is 11.3. The Kier molecular flexibility index (Phi) is 5.07. The molecule has 0 saturated carbocycles. The van der Waals surface area contributed by atoms with Gasteiger partial charge in [-0.15, -0.1) is 0 Å². The maximum absolute atomic E-state index is 11.3. The van der Waals surface area contributed by atoms with Gasteiger partial charge in [-0.3, -0.25) is 9.78 Å². The van der Waals surface area contributed by atoms with E-state index in [1.54, 1.807) is 6.20 Å². The lowest BCUT2D eigenvalue weighted by Gasteiger charge is -2.28. The van der Waals surface area contributed by atoms with E-state index >= 15 is 0 Å². The van der Waals surface area contributed by atoms with Gasteiger partial charge in [-0.25, -0.2) is 0 Å². The largest absolute Gasteiger partial charge is 0.351 e. The molecule has 0 bridgehead atoms. The Balaban J connectivity index is 1.77. The van der Waals surface area contributed by atoms with Crippen molar-refractivity contribution in [3.63, 3.8) is 0 Å². The van der Waals surface area contributed by atoms with Gasteiger partial charge < -0.3 is 20.1 Å². The van der Waals surface area contributed by atoms with Gasteiger partial charge in [-0.2, -0.15) is 0 Å². The first kappa shape index (κ1) is 19.1. The molecule has 2 atom stereocenters. The molecule has 6 nitrogen and oxygen atoms in total. The van der Waals surface area contributed by atoms with Gasteiger partial charge in [0.25, 0.3) is 0 Å². The molecule has 0 unspecified atom stereocenters. The van der Waals surface area contributed by atoms with Crippen LogP contribution in [0.5, 0.6) is 0 Å². The summed E-state index contributed by atoms with van der Waals surface area (Å²) in [5.74, 6) is -0.0940. The Hall–Kier alpha value is -3.19. The van der Waals surface area contributed by atoms with Crippen molar-refractivity contribution in [2.75, 3.05) is 10.2 Å². The molecule has 1 aromatic carbocycles. The normalized spacial score (nSPS) is 18.6. The molecule has 0 spiro atoms. The maximum Gasteiger partial charge on any atom is 0.221 e. The van der Waals surface area contributed by atoms with Crippen molar-refractivity contribution in [1.29, 1.82) is 0 Å². The highest BCUT2D eigenvalue weighted by atomic mass is 32.1. The molecule has 0 aliphatic carbocycles. The Morgan fingerprint density at radius 1 is 1.14 bits per heavy atom. The fourth-order valence-corrected chi connectivity index (χ4v) is 4.12. The summed E-state index contributed by atoms with van der Waals surface area (Å²) in [6.07, 6.45) is 1.80. The summed E-state index contributed by atoms with van der Waals surface area (Å²) < 4.78 is 2.19. The molecule has 3 aromatic rings. The molecule has 1 fully saturated rings. The highest BCUT2D eigenvalue weighted by Crippen LogP contribution is 2.41. The van der Waals surface area contributed by atoms with Crippen LogP contribution in [0.3, 0.4) is 0 Å². The Morgan fingerprint density at radius 3 is 2.48 bits per heavy atom. The predicted molar refractivity (Wildman–Crippen MR) is 119 cm³/mol. The van der Waals surface area contributed by atoms with Gasteiger partial charge in [0.15, 0.2) is 5.11 Å². The van der Waals surface area contributed by atoms with E-state index in [1.807, 2.05) is 42.5 Å². The Labute approximate surface area is 175 Å². The van der Waals surface area contributed by atoms with Crippen molar-refractivity contribution < 1.29 is 4.79 Å². The highest BCUT2D eigenvalue weighted by molar-refractivity contribution is 7.80. The summed E-state index contributed by atoms with van der Waals surface area (Å²) in [6, 6.07) is 17.8. The molecule has 148 valence electrons. The smallest absolute Gasteiger partial charge is 0.221 e. The average molecular weight is 406 g/mol. The Morgan fingerprint density at radius 2 is 1.90 bits per heavy atom. The number of nitrogens with zero attached hydrogens (tertiary/aromatic N) is 3. The van der Waals surface area contributed by atoms with Gasteiger partial charge in [0.1, 0.15) is 6.04 Å². The van der Waals surface area contributed by atoms with Crippen molar-refractivity contribution in [3.8, 4) is 0 Å². The summed E-state index contributed by atoms with van der Waals surface area (Å²) in [4.78, 5) is 18.0. The molecular formula is C22H23N5OS. The molecule has 1 saturated heterocycles. The molecule has 7 heteroatoms. The van der Waals surface area contributed by atoms with Gasteiger partial charge in [0, 0.05) is 42.9 Å². The molecule has 2 aromatic heterocycles. The second kappa shape index (κ2) is 7.67. The first-order valence-corrected chi connectivity index (χ1v) is 9.87. The third-order valence-electron chi connectivity index (χ3n) is 5.28. The van der Waals surface area contributed by atoms with Crippen molar-refractivity contribution in [2.24, 2.45) is 7.05 Å². The molecule has 4 rings (SSSR count). The van der Waals surface area contributed by atoms with Crippen LogP contribution >= 0.6 is 12.2 Å². The van der Waals surface area contributed by atoms with Crippen LogP contribution in [0.2, 0.25) is 0 Å². The van der Waals surface area contributed by atoms with E-state index in [0.29, 0.717) is 5.11 Å². The molecule has 1 aliphatic rings. The van der Waals surface area contributed by atoms with E-state index in [4.69, 9.17) is 12.2 Å².